The molecular formula is C35H37N3O2. The van der Waals surface area contributed by atoms with Crippen LogP contribution >= 0.6 is 0 Å². The summed E-state index contributed by atoms with van der Waals surface area (Å²) in [6.45, 7) is 5.58. The molecule has 0 amide bonds. The number of β-amino-alcohol motifs (C(OH)–C–C–N with tert-alkyl or cyclic N) is 2. The van der Waals surface area contributed by atoms with Crippen LogP contribution < -0.4 is 0 Å². The molecular weight excluding hydrogens is 494 g/mol. The Balaban J connectivity index is 0.945. The van der Waals surface area contributed by atoms with Crippen molar-refractivity contribution < 1.29 is 10.2 Å². The van der Waals surface area contributed by atoms with Crippen molar-refractivity contribution in [3.05, 3.63) is 108 Å². The fourth-order valence-electron chi connectivity index (χ4n) is 7.08. The van der Waals surface area contributed by atoms with E-state index in [0.29, 0.717) is 19.6 Å². The highest BCUT2D eigenvalue weighted by Gasteiger charge is 2.30. The van der Waals surface area contributed by atoms with Gasteiger partial charge in [0, 0.05) is 67.0 Å². The van der Waals surface area contributed by atoms with E-state index in [2.05, 4.69) is 111 Å². The Morgan fingerprint density at radius 1 is 0.550 bits per heavy atom. The molecule has 0 radical (unpaired) electrons. The lowest BCUT2D eigenvalue weighted by Crippen LogP contribution is -2.50. The zero-order valence-corrected chi connectivity index (χ0v) is 22.9. The molecule has 5 heteroatoms. The first-order valence-corrected chi connectivity index (χ1v) is 14.6. The van der Waals surface area contributed by atoms with Gasteiger partial charge in [-0.2, -0.15) is 0 Å². The summed E-state index contributed by atoms with van der Waals surface area (Å²) >= 11 is 0. The summed E-state index contributed by atoms with van der Waals surface area (Å²) in [5.41, 5.74) is 7.64. The van der Waals surface area contributed by atoms with Crippen LogP contribution in [0, 0.1) is 0 Å². The number of benzene rings is 4. The van der Waals surface area contributed by atoms with Crippen molar-refractivity contribution >= 4 is 21.8 Å². The summed E-state index contributed by atoms with van der Waals surface area (Å²) in [5.74, 6) is 0.250. The number of aromatic nitrogens is 1. The molecule has 5 aromatic rings. The molecule has 1 saturated heterocycles. The maximum Gasteiger partial charge on any atom is 0.0845 e. The standard InChI is InChI=1S/C35H37N3O2/c39-25(21-33-29-11-3-1-9-27(29)28-10-2-4-12-30(28)33)22-36-17-19-37(20-18-36)23-26(40)24-38-34-15-7-5-13-31(34)32-14-6-8-16-35(32)38/h1-16,25-26,33,39-40H,17-24H2/t25-,26-/m0/s1. The van der Waals surface area contributed by atoms with Crippen LogP contribution in [0.4, 0.5) is 0 Å². The van der Waals surface area contributed by atoms with Gasteiger partial charge in [-0.15, -0.1) is 0 Å². The Bertz CT molecular complexity index is 1540. The van der Waals surface area contributed by atoms with E-state index in [1.807, 2.05) is 0 Å². The topological polar surface area (TPSA) is 51.9 Å². The first-order valence-electron chi connectivity index (χ1n) is 14.6. The Labute approximate surface area is 235 Å². The number of piperazine rings is 1. The third kappa shape index (κ3) is 4.73. The maximum absolute atomic E-state index is 11.1. The number of aliphatic hydroxyl groups excluding tert-OH is 2. The van der Waals surface area contributed by atoms with Gasteiger partial charge >= 0.3 is 0 Å². The Kier molecular flexibility index (Phi) is 6.90. The first-order chi connectivity index (χ1) is 19.7. The largest absolute Gasteiger partial charge is 0.392 e. The van der Waals surface area contributed by atoms with Crippen LogP contribution in [-0.2, 0) is 6.54 Å². The highest BCUT2D eigenvalue weighted by Crippen LogP contribution is 2.46. The van der Waals surface area contributed by atoms with Crippen LogP contribution in [0.3, 0.4) is 0 Å². The minimum Gasteiger partial charge on any atom is -0.392 e. The average Bonchev–Trinajstić information content (AvgIpc) is 3.47. The number of hydrogen-bond donors (Lipinski definition) is 2. The lowest BCUT2D eigenvalue weighted by Gasteiger charge is -2.36. The molecule has 2 aliphatic rings. The van der Waals surface area contributed by atoms with Crippen molar-refractivity contribution in [2.24, 2.45) is 0 Å². The molecule has 1 fully saturated rings. The number of hydrogen-bond acceptors (Lipinski definition) is 4. The predicted molar refractivity (Wildman–Crippen MR) is 163 cm³/mol. The van der Waals surface area contributed by atoms with E-state index in [9.17, 15) is 10.2 Å². The van der Waals surface area contributed by atoms with E-state index in [-0.39, 0.29) is 12.0 Å². The number of para-hydroxylation sites is 2. The molecule has 4 aromatic carbocycles. The smallest absolute Gasteiger partial charge is 0.0845 e. The third-order valence-electron chi connectivity index (χ3n) is 8.95. The highest BCUT2D eigenvalue weighted by molar-refractivity contribution is 6.07. The predicted octanol–water partition coefficient (Wildman–Crippen LogP) is 5.34. The minimum absolute atomic E-state index is 0.250. The summed E-state index contributed by atoms with van der Waals surface area (Å²) in [5, 5.41) is 24.7. The molecule has 7 rings (SSSR count). The van der Waals surface area contributed by atoms with E-state index >= 15 is 0 Å². The number of rotatable bonds is 8. The van der Waals surface area contributed by atoms with E-state index < -0.39 is 6.10 Å². The molecule has 0 bridgehead atoms. The van der Waals surface area contributed by atoms with Crippen molar-refractivity contribution in [1.82, 2.24) is 14.4 Å². The van der Waals surface area contributed by atoms with Crippen LogP contribution in [0.2, 0.25) is 0 Å². The lowest BCUT2D eigenvalue weighted by atomic mass is 9.91. The zero-order valence-electron chi connectivity index (χ0n) is 22.9. The molecule has 2 N–H and O–H groups in total. The van der Waals surface area contributed by atoms with Crippen molar-refractivity contribution in [1.29, 1.82) is 0 Å². The number of aliphatic hydroxyl groups is 2. The monoisotopic (exact) mass is 531 g/mol. The van der Waals surface area contributed by atoms with Crippen molar-refractivity contribution in [2.75, 3.05) is 39.3 Å². The first kappa shape index (κ1) is 25.5. The number of fused-ring (bicyclic) bond motifs is 6. The third-order valence-corrected chi connectivity index (χ3v) is 8.95. The van der Waals surface area contributed by atoms with Gasteiger partial charge in [0.2, 0.25) is 0 Å². The van der Waals surface area contributed by atoms with E-state index in [4.69, 9.17) is 0 Å². The molecule has 204 valence electrons. The van der Waals surface area contributed by atoms with Gasteiger partial charge in [0.15, 0.2) is 0 Å². The molecule has 2 atom stereocenters. The molecule has 5 nitrogen and oxygen atoms in total. The molecule has 0 unspecified atom stereocenters. The highest BCUT2D eigenvalue weighted by atomic mass is 16.3. The fraction of sp³-hybridized carbons (Fsp3) is 0.314. The minimum atomic E-state index is -0.446. The van der Waals surface area contributed by atoms with Crippen molar-refractivity contribution in [2.45, 2.75) is 31.1 Å². The van der Waals surface area contributed by atoms with Gasteiger partial charge in [0.25, 0.3) is 0 Å². The summed E-state index contributed by atoms with van der Waals surface area (Å²) < 4.78 is 2.27. The lowest BCUT2D eigenvalue weighted by molar-refractivity contribution is 0.0422. The quantitative estimate of drug-likeness (QED) is 0.284. The van der Waals surface area contributed by atoms with Crippen LogP contribution in [0.1, 0.15) is 23.5 Å². The summed E-state index contributed by atoms with van der Waals surface area (Å²) in [4.78, 5) is 4.75. The molecule has 0 spiro atoms. The summed E-state index contributed by atoms with van der Waals surface area (Å²) in [7, 11) is 0. The summed E-state index contributed by atoms with van der Waals surface area (Å²) in [6.07, 6.45) is -0.0818. The normalized spacial score (nSPS) is 17.8. The van der Waals surface area contributed by atoms with E-state index in [1.54, 1.807) is 0 Å². The van der Waals surface area contributed by atoms with E-state index in [0.717, 1.165) is 32.6 Å². The number of nitrogens with zero attached hydrogens (tertiary/aromatic N) is 3. The fourth-order valence-corrected chi connectivity index (χ4v) is 7.08. The van der Waals surface area contributed by atoms with Crippen LogP contribution in [-0.4, -0.2) is 76.1 Å². The SMILES string of the molecule is O[C@@H](CC1c2ccccc2-c2ccccc21)CN1CCN(C[C@H](O)Cn2c3ccccc3c3ccccc32)CC1. The molecule has 40 heavy (non-hydrogen) atoms. The molecule has 1 aliphatic heterocycles. The second kappa shape index (κ2) is 10.8. The van der Waals surface area contributed by atoms with Gasteiger partial charge in [0.1, 0.15) is 0 Å². The van der Waals surface area contributed by atoms with Gasteiger partial charge in [-0.1, -0.05) is 84.9 Å². The van der Waals surface area contributed by atoms with Gasteiger partial charge in [-0.05, 0) is 40.8 Å². The summed E-state index contributed by atoms with van der Waals surface area (Å²) in [6, 6.07) is 34.2. The van der Waals surface area contributed by atoms with Crippen LogP contribution in [0.25, 0.3) is 32.9 Å². The Morgan fingerprint density at radius 2 is 1.00 bits per heavy atom. The van der Waals surface area contributed by atoms with E-state index in [1.165, 1.54) is 44.1 Å². The van der Waals surface area contributed by atoms with Gasteiger partial charge in [-0.25, -0.2) is 0 Å². The van der Waals surface area contributed by atoms with Gasteiger partial charge in [0.05, 0.1) is 18.8 Å². The maximum atomic E-state index is 11.1. The van der Waals surface area contributed by atoms with Gasteiger partial charge in [-0.3, -0.25) is 9.80 Å². The molecule has 0 saturated carbocycles. The second-order valence-electron chi connectivity index (χ2n) is 11.5. The molecule has 1 aliphatic carbocycles. The van der Waals surface area contributed by atoms with Crippen molar-refractivity contribution in [3.63, 3.8) is 0 Å². The zero-order chi connectivity index (χ0) is 27.1. The Hall–Kier alpha value is -3.48. The van der Waals surface area contributed by atoms with Gasteiger partial charge < -0.3 is 14.8 Å². The molecule has 1 aromatic heterocycles. The molecule has 2 heterocycles. The van der Waals surface area contributed by atoms with Crippen LogP contribution in [0.5, 0.6) is 0 Å². The second-order valence-corrected chi connectivity index (χ2v) is 11.5. The Morgan fingerprint density at radius 3 is 1.55 bits per heavy atom. The van der Waals surface area contributed by atoms with Crippen LogP contribution in [0.15, 0.2) is 97.1 Å². The average molecular weight is 532 g/mol. The van der Waals surface area contributed by atoms with Crippen molar-refractivity contribution in [3.8, 4) is 11.1 Å².